The van der Waals surface area contributed by atoms with Gasteiger partial charge in [0.15, 0.2) is 5.60 Å². The van der Waals surface area contributed by atoms with Gasteiger partial charge in [-0.3, -0.25) is 9.09 Å². The SMILES string of the molecule is C=CCC1COC(CO)(C(C[N+](C)(C)C)(OC)OP(=O)([O-])O)CO1. The number of methoxy groups -OCH3 is 1. The molecule has 0 spiro atoms. The van der Waals surface area contributed by atoms with Crippen LogP contribution in [0.15, 0.2) is 12.7 Å². The van der Waals surface area contributed by atoms with Gasteiger partial charge in [0.05, 0.1) is 47.1 Å². The minimum absolute atomic E-state index is 0.0354. The number of phosphoric ester groups is 1. The molecule has 0 aromatic carbocycles. The Morgan fingerprint density at radius 1 is 1.54 bits per heavy atom. The lowest BCUT2D eigenvalue weighted by Gasteiger charge is -2.52. The predicted molar refractivity (Wildman–Crippen MR) is 83.9 cm³/mol. The quantitative estimate of drug-likeness (QED) is 0.236. The van der Waals surface area contributed by atoms with Crippen molar-refractivity contribution in [3.05, 3.63) is 12.7 Å². The van der Waals surface area contributed by atoms with E-state index in [0.29, 0.717) is 6.42 Å². The molecule has 0 saturated carbocycles. The van der Waals surface area contributed by atoms with Crippen LogP contribution in [0.4, 0.5) is 0 Å². The van der Waals surface area contributed by atoms with Gasteiger partial charge in [-0.2, -0.15) is 0 Å². The summed E-state index contributed by atoms with van der Waals surface area (Å²) in [7, 11) is 1.37. The van der Waals surface area contributed by atoms with Crippen molar-refractivity contribution in [1.29, 1.82) is 0 Å². The zero-order chi connectivity index (χ0) is 18.6. The zero-order valence-electron chi connectivity index (χ0n) is 14.6. The van der Waals surface area contributed by atoms with Gasteiger partial charge in [-0.25, -0.2) is 0 Å². The highest BCUT2D eigenvalue weighted by atomic mass is 31.2. The Balaban J connectivity index is 3.23. The number of rotatable bonds is 9. The fraction of sp³-hybridized carbons (Fsp3) is 0.857. The van der Waals surface area contributed by atoms with Crippen molar-refractivity contribution in [2.24, 2.45) is 0 Å². The molecule has 0 bridgehead atoms. The maximum atomic E-state index is 11.4. The number of likely N-dealkylation sites (N-methyl/N-ethyl adjacent to an activating group) is 1. The molecule has 1 aliphatic heterocycles. The van der Waals surface area contributed by atoms with Gasteiger partial charge in [-0.15, -0.1) is 6.58 Å². The van der Waals surface area contributed by atoms with E-state index in [4.69, 9.17) is 18.7 Å². The molecule has 1 aliphatic rings. The Hall–Kier alpha value is -0.350. The van der Waals surface area contributed by atoms with Crippen LogP contribution < -0.4 is 4.89 Å². The number of hydrogen-bond acceptors (Lipinski definition) is 7. The van der Waals surface area contributed by atoms with E-state index < -0.39 is 25.8 Å². The average Bonchev–Trinajstić information content (AvgIpc) is 2.44. The summed E-state index contributed by atoms with van der Waals surface area (Å²) < 4.78 is 33.4. The van der Waals surface area contributed by atoms with Crippen LogP contribution >= 0.6 is 7.82 Å². The minimum Gasteiger partial charge on any atom is -0.756 e. The van der Waals surface area contributed by atoms with Crippen molar-refractivity contribution in [1.82, 2.24) is 0 Å². The van der Waals surface area contributed by atoms with Crippen LogP contribution in [-0.2, 0) is 23.3 Å². The van der Waals surface area contributed by atoms with Crippen LogP contribution in [0, 0.1) is 0 Å². The van der Waals surface area contributed by atoms with Crippen LogP contribution in [0.25, 0.3) is 0 Å². The molecule has 4 unspecified atom stereocenters. The molecular weight excluding hydrogens is 341 g/mol. The molecule has 1 saturated heterocycles. The number of quaternary nitrogens is 1. The summed E-state index contributed by atoms with van der Waals surface area (Å²) in [6, 6.07) is 0. The van der Waals surface area contributed by atoms with Crippen LogP contribution in [0.2, 0.25) is 0 Å². The molecule has 24 heavy (non-hydrogen) atoms. The summed E-state index contributed by atoms with van der Waals surface area (Å²) >= 11 is 0. The standard InChI is InChI=1S/C14H28NO8P/c1-6-7-12-8-22-13(10-16,11-21-12)14(20-5,9-15(2,3)4)23-24(17,18)19/h6,12,16H,1,7-11H2,2-5H3,(H-,17,18,19). The molecular formula is C14H28NO8P. The molecule has 4 atom stereocenters. The fourth-order valence-corrected chi connectivity index (χ4v) is 3.37. The highest BCUT2D eigenvalue weighted by molar-refractivity contribution is 7.44. The van der Waals surface area contributed by atoms with Crippen molar-refractivity contribution in [2.75, 3.05) is 54.6 Å². The van der Waals surface area contributed by atoms with Crippen LogP contribution in [0.1, 0.15) is 6.42 Å². The molecule has 2 N–H and O–H groups in total. The van der Waals surface area contributed by atoms with Gasteiger partial charge in [0.2, 0.25) is 0 Å². The predicted octanol–water partition coefficient (Wildman–Crippen LogP) is -0.765. The third kappa shape index (κ3) is 5.32. The molecule has 0 aromatic heterocycles. The normalized spacial score (nSPS) is 30.4. The first-order valence-corrected chi connectivity index (χ1v) is 8.99. The summed E-state index contributed by atoms with van der Waals surface area (Å²) in [5.74, 6) is -1.97. The van der Waals surface area contributed by atoms with Gasteiger partial charge < -0.3 is 33.6 Å². The third-order valence-electron chi connectivity index (χ3n) is 3.75. The van der Waals surface area contributed by atoms with E-state index in [1.807, 2.05) is 0 Å². The Morgan fingerprint density at radius 2 is 2.17 bits per heavy atom. The first-order valence-electron chi connectivity index (χ1n) is 7.50. The van der Waals surface area contributed by atoms with Gasteiger partial charge in [0, 0.05) is 7.11 Å². The minimum atomic E-state index is -5.19. The molecule has 1 fully saturated rings. The van der Waals surface area contributed by atoms with Gasteiger partial charge in [-0.05, 0) is 6.42 Å². The third-order valence-corrected chi connectivity index (χ3v) is 4.28. The topological polar surface area (TPSA) is 118 Å². The van der Waals surface area contributed by atoms with Crippen LogP contribution in [-0.4, -0.2) is 86.6 Å². The lowest BCUT2D eigenvalue weighted by atomic mass is 9.91. The lowest BCUT2D eigenvalue weighted by molar-refractivity contribution is -0.882. The molecule has 0 aromatic rings. The van der Waals surface area contributed by atoms with E-state index >= 15 is 0 Å². The van der Waals surface area contributed by atoms with E-state index in [0.717, 1.165) is 0 Å². The van der Waals surface area contributed by atoms with Gasteiger partial charge in [-0.1, -0.05) is 6.08 Å². The highest BCUT2D eigenvalue weighted by Gasteiger charge is 2.61. The Labute approximate surface area is 142 Å². The van der Waals surface area contributed by atoms with Gasteiger partial charge >= 0.3 is 0 Å². The maximum absolute atomic E-state index is 11.4. The summed E-state index contributed by atoms with van der Waals surface area (Å²) in [4.78, 5) is 20.7. The van der Waals surface area contributed by atoms with Crippen molar-refractivity contribution in [2.45, 2.75) is 23.9 Å². The monoisotopic (exact) mass is 369 g/mol. The number of aliphatic hydroxyl groups excluding tert-OH is 1. The van der Waals surface area contributed by atoms with Crippen LogP contribution in [0.5, 0.6) is 0 Å². The average molecular weight is 369 g/mol. The molecule has 0 aliphatic carbocycles. The fourth-order valence-electron chi connectivity index (χ4n) is 2.70. The van der Waals surface area contributed by atoms with E-state index in [1.54, 1.807) is 27.2 Å². The van der Waals surface area contributed by atoms with E-state index in [2.05, 4.69) is 6.58 Å². The van der Waals surface area contributed by atoms with E-state index in [-0.39, 0.29) is 30.3 Å². The lowest BCUT2D eigenvalue weighted by Crippen LogP contribution is -2.71. The number of hydrogen-bond donors (Lipinski definition) is 2. The Kier molecular flexibility index (Phi) is 7.14. The first-order chi connectivity index (χ1) is 10.9. The molecule has 10 heteroatoms. The summed E-state index contributed by atoms with van der Waals surface area (Å²) in [5, 5.41) is 9.95. The van der Waals surface area contributed by atoms with Crippen molar-refractivity contribution in [3.63, 3.8) is 0 Å². The molecule has 1 heterocycles. The second-order valence-corrected chi connectivity index (χ2v) is 8.01. The van der Waals surface area contributed by atoms with E-state index in [9.17, 15) is 19.5 Å². The van der Waals surface area contributed by atoms with Crippen molar-refractivity contribution in [3.8, 4) is 0 Å². The number of nitrogens with zero attached hydrogens (tertiary/aromatic N) is 1. The van der Waals surface area contributed by atoms with E-state index in [1.165, 1.54) is 7.11 Å². The summed E-state index contributed by atoms with van der Waals surface area (Å²) in [5.41, 5.74) is -1.62. The largest absolute Gasteiger partial charge is 0.756 e. The molecule has 1 rings (SSSR count). The highest BCUT2D eigenvalue weighted by Crippen LogP contribution is 2.46. The molecule has 142 valence electrons. The summed E-state index contributed by atoms with van der Waals surface area (Å²) in [6.45, 7) is 2.89. The van der Waals surface area contributed by atoms with Gasteiger partial charge in [0.1, 0.15) is 6.54 Å². The second kappa shape index (κ2) is 7.90. The first kappa shape index (κ1) is 21.7. The molecule has 9 nitrogen and oxygen atoms in total. The van der Waals surface area contributed by atoms with Crippen molar-refractivity contribution < 1.29 is 42.7 Å². The Morgan fingerprint density at radius 3 is 2.50 bits per heavy atom. The summed E-state index contributed by atoms with van der Waals surface area (Å²) in [6.07, 6.45) is 1.94. The van der Waals surface area contributed by atoms with Gasteiger partial charge in [0.25, 0.3) is 13.6 Å². The van der Waals surface area contributed by atoms with Crippen LogP contribution in [0.3, 0.4) is 0 Å². The molecule has 0 amide bonds. The molecule has 0 radical (unpaired) electrons. The number of ether oxygens (including phenoxy) is 3. The second-order valence-electron chi connectivity index (χ2n) is 6.89. The number of phosphoric acid groups is 1. The zero-order valence-corrected chi connectivity index (χ0v) is 15.5. The maximum Gasteiger partial charge on any atom is 0.268 e. The number of aliphatic hydroxyl groups is 1. The Bertz CT molecular complexity index is 466. The van der Waals surface area contributed by atoms with Crippen molar-refractivity contribution >= 4 is 7.82 Å². The smallest absolute Gasteiger partial charge is 0.268 e.